The van der Waals surface area contributed by atoms with Gasteiger partial charge in [-0.3, -0.25) is 0 Å². The van der Waals surface area contributed by atoms with Gasteiger partial charge in [-0.2, -0.15) is 0 Å². The van der Waals surface area contributed by atoms with Gasteiger partial charge in [0.1, 0.15) is 0 Å². The van der Waals surface area contributed by atoms with Crippen LogP contribution in [0.15, 0.2) is 21.0 Å². The second kappa shape index (κ2) is 3.38. The van der Waals surface area contributed by atoms with E-state index in [1.807, 2.05) is 13.9 Å². The number of rotatable bonds is 1. The van der Waals surface area contributed by atoms with Crippen molar-refractivity contribution in [3.8, 4) is 0 Å². The Bertz CT molecular complexity index is 266. The van der Waals surface area contributed by atoms with E-state index in [2.05, 4.69) is 0 Å². The van der Waals surface area contributed by atoms with Crippen LogP contribution in [-0.4, -0.2) is 6.18 Å². The Labute approximate surface area is 80.9 Å². The van der Waals surface area contributed by atoms with E-state index in [0.29, 0.717) is 9.70 Å². The Morgan fingerprint density at radius 1 is 1.23 bits per heavy atom. The molecule has 0 spiro atoms. The van der Waals surface area contributed by atoms with Gasteiger partial charge in [0, 0.05) is 0 Å². The first-order valence-corrected chi connectivity index (χ1v) is 12.8. The van der Waals surface area contributed by atoms with Crippen molar-refractivity contribution >= 4 is 0 Å². The molecule has 0 radical (unpaired) electrons. The molecule has 0 atom stereocenters. The molecule has 0 saturated carbocycles. The average Bonchev–Trinajstić information content (AvgIpc) is 2.27. The quantitative estimate of drug-likeness (QED) is 0.673. The van der Waals surface area contributed by atoms with Gasteiger partial charge in [0.2, 0.25) is 0 Å². The van der Waals surface area contributed by atoms with E-state index in [4.69, 9.17) is 0 Å². The number of allylic oxidation sites excluding steroid dienone is 4. The second-order valence-electron chi connectivity index (χ2n) is 4.25. The van der Waals surface area contributed by atoms with Crippen LogP contribution in [0.25, 0.3) is 0 Å². The van der Waals surface area contributed by atoms with Crippen LogP contribution in [0.2, 0.25) is 13.9 Å². The Hall–Kier alpha value is 0.153. The molecule has 0 fully saturated rings. The van der Waals surface area contributed by atoms with E-state index in [-0.39, 0.29) is 5.57 Å². The summed E-state index contributed by atoms with van der Waals surface area (Å²) in [7, 11) is 0. The predicted octanol–water partition coefficient (Wildman–Crippen LogP) is 4.06. The fraction of sp³-hybridized carbons (Fsp3) is 0.556. The molecule has 1 aliphatic rings. The fourth-order valence-corrected chi connectivity index (χ4v) is 5.82. The summed E-state index contributed by atoms with van der Waals surface area (Å²) in [5, 5.41) is 0. The van der Waals surface area contributed by atoms with Crippen LogP contribution in [0, 0.1) is 0 Å². The summed E-state index contributed by atoms with van der Waals surface area (Å²) >= 11 is -2.52. The third-order valence-electron chi connectivity index (χ3n) is 2.14. The van der Waals surface area contributed by atoms with Gasteiger partial charge in [-0.25, -0.2) is 0 Å². The Morgan fingerprint density at radius 2 is 1.77 bits per heavy atom. The molecule has 0 bridgehead atoms. The van der Waals surface area contributed by atoms with Gasteiger partial charge < -0.3 is 0 Å². The van der Waals surface area contributed by atoms with E-state index < -0.39 is 26.4 Å². The Morgan fingerprint density at radius 3 is 2.08 bits per heavy atom. The van der Waals surface area contributed by atoms with E-state index >= 15 is 0 Å². The molecule has 0 aromatic heterocycles. The molecule has 0 heterocycles. The molecule has 0 N–H and O–H groups in total. The van der Waals surface area contributed by atoms with Crippen LogP contribution in [-0.2, 0) is 20.3 Å². The predicted molar refractivity (Wildman–Crippen MR) is 44.4 cm³/mol. The van der Waals surface area contributed by atoms with Crippen LogP contribution in [0.1, 0.15) is 6.42 Å². The SMILES string of the molecule is [CH3][Zr]([CH3])([CH3])[C]1=C(C(F)(F)F)C=CC1. The normalized spacial score (nSPS) is 18.6. The second-order valence-corrected chi connectivity index (χ2v) is 16.8. The molecule has 4 heteroatoms. The van der Waals surface area contributed by atoms with Crippen molar-refractivity contribution in [1.82, 2.24) is 0 Å². The Kier molecular flexibility index (Phi) is 2.92. The van der Waals surface area contributed by atoms with Crippen LogP contribution in [0.5, 0.6) is 0 Å². The first-order chi connectivity index (χ1) is 5.73. The summed E-state index contributed by atoms with van der Waals surface area (Å²) in [6.07, 6.45) is -0.765. The summed E-state index contributed by atoms with van der Waals surface area (Å²) in [4.78, 5) is 0. The molecule has 0 aliphatic heterocycles. The number of hydrogen-bond acceptors (Lipinski definition) is 0. The molecular weight excluding hydrogens is 256 g/mol. The van der Waals surface area contributed by atoms with Gasteiger partial charge in [0.25, 0.3) is 0 Å². The molecule has 0 saturated heterocycles. The molecular formula is C9H13F3Zr. The zero-order valence-electron chi connectivity index (χ0n) is 8.00. The molecule has 74 valence electrons. The standard InChI is InChI=1S/C6H4F3.3CH3.Zr/c7-6(8,9)5-3-1-2-4-5;;;;/h1,3H,2H2;3*1H3;. The van der Waals surface area contributed by atoms with Crippen molar-refractivity contribution in [3.63, 3.8) is 0 Å². The van der Waals surface area contributed by atoms with Crippen LogP contribution >= 0.6 is 0 Å². The minimum absolute atomic E-state index is 0.365. The zero-order chi connectivity index (χ0) is 10.3. The summed E-state index contributed by atoms with van der Waals surface area (Å²) < 4.78 is 44.1. The van der Waals surface area contributed by atoms with E-state index in [1.165, 1.54) is 6.08 Å². The van der Waals surface area contributed by atoms with Crippen molar-refractivity contribution in [2.45, 2.75) is 26.5 Å². The van der Waals surface area contributed by atoms with E-state index in [9.17, 15) is 13.2 Å². The topological polar surface area (TPSA) is 0 Å². The molecule has 0 aromatic rings. The van der Waals surface area contributed by atoms with Gasteiger partial charge >= 0.3 is 80.9 Å². The summed E-state index contributed by atoms with van der Waals surface area (Å²) in [5.74, 6) is 0. The third-order valence-corrected chi connectivity index (χ3v) is 7.76. The molecule has 1 aliphatic carbocycles. The minimum atomic E-state index is -4.15. The fourth-order valence-electron chi connectivity index (χ4n) is 1.48. The summed E-state index contributed by atoms with van der Waals surface area (Å²) in [6, 6.07) is 0. The van der Waals surface area contributed by atoms with Gasteiger partial charge in [-0.15, -0.1) is 0 Å². The first kappa shape index (κ1) is 11.2. The van der Waals surface area contributed by atoms with Gasteiger partial charge in [-0.1, -0.05) is 0 Å². The van der Waals surface area contributed by atoms with Gasteiger partial charge in [0.15, 0.2) is 0 Å². The van der Waals surface area contributed by atoms with Crippen molar-refractivity contribution in [2.24, 2.45) is 0 Å². The molecule has 0 nitrogen and oxygen atoms in total. The van der Waals surface area contributed by atoms with Gasteiger partial charge in [0.05, 0.1) is 0 Å². The zero-order valence-corrected chi connectivity index (χ0v) is 10.5. The number of halogens is 3. The first-order valence-electron chi connectivity index (χ1n) is 4.20. The van der Waals surface area contributed by atoms with Crippen molar-refractivity contribution in [2.75, 3.05) is 0 Å². The molecule has 0 amide bonds. The molecule has 0 aromatic carbocycles. The Balaban J connectivity index is 3.10. The van der Waals surface area contributed by atoms with Crippen LogP contribution in [0.3, 0.4) is 0 Å². The number of hydrogen-bond donors (Lipinski definition) is 0. The monoisotopic (exact) mass is 268 g/mol. The third kappa shape index (κ3) is 2.55. The van der Waals surface area contributed by atoms with Crippen LogP contribution < -0.4 is 0 Å². The van der Waals surface area contributed by atoms with Crippen LogP contribution in [0.4, 0.5) is 13.2 Å². The summed E-state index contributed by atoms with van der Waals surface area (Å²) in [5.41, 5.74) is -0.365. The van der Waals surface area contributed by atoms with Gasteiger partial charge in [-0.05, 0) is 0 Å². The molecule has 0 unspecified atom stereocenters. The summed E-state index contributed by atoms with van der Waals surface area (Å²) in [6.45, 7) is 0. The maximum atomic E-state index is 12.5. The molecule has 1 rings (SSSR count). The van der Waals surface area contributed by atoms with Crippen molar-refractivity contribution < 1.29 is 33.4 Å². The molecule has 13 heavy (non-hydrogen) atoms. The van der Waals surface area contributed by atoms with E-state index in [1.54, 1.807) is 6.08 Å². The van der Waals surface area contributed by atoms with Crippen molar-refractivity contribution in [3.05, 3.63) is 21.0 Å². The number of alkyl halides is 3. The van der Waals surface area contributed by atoms with Crippen molar-refractivity contribution in [1.29, 1.82) is 0 Å². The van der Waals surface area contributed by atoms with E-state index in [0.717, 1.165) is 0 Å². The average molecular weight is 269 g/mol. The maximum absolute atomic E-state index is 12.5.